The lowest BCUT2D eigenvalue weighted by atomic mass is 9.99. The van der Waals surface area contributed by atoms with Gasteiger partial charge in [-0.2, -0.15) is 0 Å². The van der Waals surface area contributed by atoms with Crippen LogP contribution < -0.4 is 0 Å². The highest BCUT2D eigenvalue weighted by atomic mass is 14.7. The molecule has 1 heterocycles. The van der Waals surface area contributed by atoms with Crippen molar-refractivity contribution in [3.8, 4) is 0 Å². The number of hydrogen-bond donors (Lipinski definition) is 1. The Balaban J connectivity index is 2.66. The maximum Gasteiger partial charge on any atom is 0.0497 e. The van der Waals surface area contributed by atoms with Gasteiger partial charge in [0.25, 0.3) is 0 Å². The highest BCUT2D eigenvalue weighted by Crippen LogP contribution is 2.33. The van der Waals surface area contributed by atoms with Crippen LogP contribution in [0.15, 0.2) is 24.3 Å². The van der Waals surface area contributed by atoms with Crippen LogP contribution in [0.5, 0.6) is 0 Å². The van der Waals surface area contributed by atoms with Gasteiger partial charge in [0.1, 0.15) is 0 Å². The van der Waals surface area contributed by atoms with E-state index < -0.39 is 0 Å². The zero-order valence-corrected chi connectivity index (χ0v) is 10.8. The van der Waals surface area contributed by atoms with Crippen LogP contribution >= 0.6 is 0 Å². The molecule has 0 radical (unpaired) electrons. The van der Waals surface area contributed by atoms with Crippen LogP contribution in [0.4, 0.5) is 0 Å². The van der Waals surface area contributed by atoms with Crippen LogP contribution in [-0.2, 0) is 0 Å². The van der Waals surface area contributed by atoms with Gasteiger partial charge in [-0.1, -0.05) is 24.3 Å². The lowest BCUT2D eigenvalue weighted by Crippen LogP contribution is -1.85. The van der Waals surface area contributed by atoms with Crippen LogP contribution in [0.2, 0.25) is 0 Å². The SMILES string of the molecule is Cc1cc(C)c2[nH]c3c(C)cccc3c2c1C. The molecule has 1 heteroatoms. The Morgan fingerprint density at radius 3 is 2.35 bits per heavy atom. The van der Waals surface area contributed by atoms with Gasteiger partial charge in [0, 0.05) is 21.8 Å². The van der Waals surface area contributed by atoms with Gasteiger partial charge in [0.15, 0.2) is 0 Å². The fourth-order valence-corrected chi connectivity index (χ4v) is 2.75. The van der Waals surface area contributed by atoms with E-state index >= 15 is 0 Å². The van der Waals surface area contributed by atoms with E-state index in [1.54, 1.807) is 0 Å². The molecule has 86 valence electrons. The third-order valence-corrected chi connectivity index (χ3v) is 3.84. The van der Waals surface area contributed by atoms with E-state index in [0.717, 1.165) is 0 Å². The van der Waals surface area contributed by atoms with Gasteiger partial charge >= 0.3 is 0 Å². The number of benzene rings is 2. The Morgan fingerprint density at radius 1 is 0.824 bits per heavy atom. The second-order valence-corrected chi connectivity index (χ2v) is 5.01. The monoisotopic (exact) mass is 223 g/mol. The normalized spacial score (nSPS) is 11.5. The van der Waals surface area contributed by atoms with Crippen molar-refractivity contribution in [2.24, 2.45) is 0 Å². The second-order valence-electron chi connectivity index (χ2n) is 5.01. The van der Waals surface area contributed by atoms with E-state index in [1.165, 1.54) is 44.1 Å². The number of rotatable bonds is 0. The predicted molar refractivity (Wildman–Crippen MR) is 74.8 cm³/mol. The van der Waals surface area contributed by atoms with Crippen molar-refractivity contribution < 1.29 is 0 Å². The van der Waals surface area contributed by atoms with Gasteiger partial charge in [0.05, 0.1) is 0 Å². The number of hydrogen-bond acceptors (Lipinski definition) is 0. The first-order valence-corrected chi connectivity index (χ1v) is 6.07. The third-order valence-electron chi connectivity index (χ3n) is 3.84. The Kier molecular flexibility index (Phi) is 2.06. The molecule has 1 aromatic heterocycles. The molecule has 3 aromatic rings. The summed E-state index contributed by atoms with van der Waals surface area (Å²) in [6.07, 6.45) is 0. The zero-order valence-electron chi connectivity index (χ0n) is 10.8. The van der Waals surface area contributed by atoms with Crippen molar-refractivity contribution in [3.05, 3.63) is 46.5 Å². The first-order chi connectivity index (χ1) is 8.09. The summed E-state index contributed by atoms with van der Waals surface area (Å²) in [5, 5.41) is 2.74. The highest BCUT2D eigenvalue weighted by Gasteiger charge is 2.11. The van der Waals surface area contributed by atoms with Gasteiger partial charge in [-0.15, -0.1) is 0 Å². The lowest BCUT2D eigenvalue weighted by molar-refractivity contribution is 1.33. The summed E-state index contributed by atoms with van der Waals surface area (Å²) in [7, 11) is 0. The predicted octanol–water partition coefficient (Wildman–Crippen LogP) is 4.55. The molecule has 3 rings (SSSR count). The van der Waals surface area contributed by atoms with Crippen LogP contribution in [-0.4, -0.2) is 4.98 Å². The number of aromatic amines is 1. The lowest BCUT2D eigenvalue weighted by Gasteiger charge is -2.05. The number of H-pyrrole nitrogens is 1. The molecule has 0 atom stereocenters. The number of aryl methyl sites for hydroxylation is 4. The summed E-state index contributed by atoms with van der Waals surface area (Å²) in [6, 6.07) is 8.78. The van der Waals surface area contributed by atoms with Crippen LogP contribution in [0, 0.1) is 27.7 Å². The van der Waals surface area contributed by atoms with E-state index in [1.807, 2.05) is 0 Å². The number of para-hydroxylation sites is 1. The van der Waals surface area contributed by atoms with Crippen LogP contribution in [0.25, 0.3) is 21.8 Å². The maximum atomic E-state index is 3.58. The van der Waals surface area contributed by atoms with Gasteiger partial charge in [-0.25, -0.2) is 0 Å². The minimum atomic E-state index is 1.28. The highest BCUT2D eigenvalue weighted by molar-refractivity contribution is 6.11. The maximum absolute atomic E-state index is 3.58. The fourth-order valence-electron chi connectivity index (χ4n) is 2.75. The molecular formula is C16H17N. The molecule has 0 amide bonds. The van der Waals surface area contributed by atoms with Crippen molar-refractivity contribution in [3.63, 3.8) is 0 Å². The first kappa shape index (κ1) is 10.4. The molecule has 2 aromatic carbocycles. The van der Waals surface area contributed by atoms with Gasteiger partial charge in [-0.3, -0.25) is 0 Å². The van der Waals surface area contributed by atoms with Crippen molar-refractivity contribution in [1.82, 2.24) is 4.98 Å². The molecule has 1 nitrogen and oxygen atoms in total. The summed E-state index contributed by atoms with van der Waals surface area (Å²) in [4.78, 5) is 3.58. The second kappa shape index (κ2) is 3.36. The smallest absolute Gasteiger partial charge is 0.0497 e. The molecule has 0 aliphatic heterocycles. The standard InChI is InChI=1S/C16H17N/c1-9-6-5-7-13-14-12(4)10(2)8-11(3)16(14)17-15(9)13/h5-8,17H,1-4H3. The van der Waals surface area contributed by atoms with Crippen LogP contribution in [0.1, 0.15) is 22.3 Å². The minimum absolute atomic E-state index is 1.28. The molecule has 1 N–H and O–H groups in total. The van der Waals surface area contributed by atoms with E-state index in [0.29, 0.717) is 0 Å². The summed E-state index contributed by atoms with van der Waals surface area (Å²) in [5.74, 6) is 0. The summed E-state index contributed by atoms with van der Waals surface area (Å²) < 4.78 is 0. The third kappa shape index (κ3) is 1.32. The Bertz CT molecular complexity index is 732. The van der Waals surface area contributed by atoms with Crippen molar-refractivity contribution in [1.29, 1.82) is 0 Å². The Morgan fingerprint density at radius 2 is 1.59 bits per heavy atom. The molecule has 0 fully saturated rings. The van der Waals surface area contributed by atoms with Crippen molar-refractivity contribution in [2.45, 2.75) is 27.7 Å². The molecule has 0 saturated heterocycles. The average molecular weight is 223 g/mol. The fraction of sp³-hybridized carbons (Fsp3) is 0.250. The van der Waals surface area contributed by atoms with Crippen molar-refractivity contribution in [2.75, 3.05) is 0 Å². The molecule has 0 unspecified atom stereocenters. The van der Waals surface area contributed by atoms with Crippen LogP contribution in [0.3, 0.4) is 0 Å². The molecule has 17 heavy (non-hydrogen) atoms. The number of aromatic nitrogens is 1. The quantitative estimate of drug-likeness (QED) is 0.575. The van der Waals surface area contributed by atoms with E-state index in [2.05, 4.69) is 56.9 Å². The summed E-state index contributed by atoms with van der Waals surface area (Å²) in [5.41, 5.74) is 7.98. The minimum Gasteiger partial charge on any atom is -0.354 e. The molecule has 0 bridgehead atoms. The molecule has 0 spiro atoms. The molecule has 0 aliphatic rings. The molecule has 0 saturated carbocycles. The largest absolute Gasteiger partial charge is 0.354 e. The average Bonchev–Trinajstić information content (AvgIpc) is 2.68. The van der Waals surface area contributed by atoms with Gasteiger partial charge in [-0.05, 0) is 49.9 Å². The van der Waals surface area contributed by atoms with Gasteiger partial charge in [0.2, 0.25) is 0 Å². The van der Waals surface area contributed by atoms with Gasteiger partial charge < -0.3 is 4.98 Å². The van der Waals surface area contributed by atoms with Crippen molar-refractivity contribution >= 4 is 21.8 Å². The van der Waals surface area contributed by atoms with E-state index in [9.17, 15) is 0 Å². The summed E-state index contributed by atoms with van der Waals surface area (Å²) in [6.45, 7) is 8.75. The first-order valence-electron chi connectivity index (χ1n) is 6.07. The van der Waals surface area contributed by atoms with E-state index in [4.69, 9.17) is 0 Å². The number of nitrogens with one attached hydrogen (secondary N) is 1. The Labute approximate surface area is 101 Å². The summed E-state index contributed by atoms with van der Waals surface area (Å²) >= 11 is 0. The molecule has 0 aliphatic carbocycles. The van der Waals surface area contributed by atoms with E-state index in [-0.39, 0.29) is 0 Å². The molecular weight excluding hydrogens is 206 g/mol. The Hall–Kier alpha value is -1.76. The zero-order chi connectivity index (χ0) is 12.2. The topological polar surface area (TPSA) is 15.8 Å². The number of fused-ring (bicyclic) bond motifs is 3.